The van der Waals surface area contributed by atoms with E-state index in [0.717, 1.165) is 49.6 Å². The molecule has 4 rings (SSSR count). The predicted molar refractivity (Wildman–Crippen MR) is 122 cm³/mol. The molecule has 2 aromatic rings. The molecule has 1 aliphatic carbocycles. The van der Waals surface area contributed by atoms with Crippen LogP contribution in [0.25, 0.3) is 11.4 Å². The van der Waals surface area contributed by atoms with Gasteiger partial charge < -0.3 is 4.57 Å². The van der Waals surface area contributed by atoms with E-state index in [1.54, 1.807) is 6.07 Å². The summed E-state index contributed by atoms with van der Waals surface area (Å²) in [6.07, 6.45) is 9.74. The molecule has 0 bridgehead atoms. The van der Waals surface area contributed by atoms with Crippen LogP contribution < -0.4 is 5.43 Å². The van der Waals surface area contributed by atoms with Crippen molar-refractivity contribution < 1.29 is 4.79 Å². The molecule has 1 saturated carbocycles. The first-order chi connectivity index (χ1) is 14.5. The topological polar surface area (TPSA) is 50.2 Å². The van der Waals surface area contributed by atoms with Crippen LogP contribution in [-0.2, 0) is 6.54 Å². The van der Waals surface area contributed by atoms with E-state index in [0.29, 0.717) is 21.7 Å². The summed E-state index contributed by atoms with van der Waals surface area (Å²) in [6.45, 7) is 4.62. The van der Waals surface area contributed by atoms with Crippen molar-refractivity contribution in [3.8, 4) is 11.4 Å². The Hall–Kier alpha value is -1.56. The van der Waals surface area contributed by atoms with E-state index in [9.17, 15) is 4.79 Å². The van der Waals surface area contributed by atoms with Crippen LogP contribution >= 0.6 is 23.2 Å². The molecule has 2 fully saturated rings. The number of carbonyl (C=O) groups excluding carboxylic acids is 1. The molecule has 162 valence electrons. The van der Waals surface area contributed by atoms with Crippen LogP contribution in [0.5, 0.6) is 0 Å². The summed E-state index contributed by atoms with van der Waals surface area (Å²) in [7, 11) is 0. The molecular formula is C23H30Cl2N4O. The van der Waals surface area contributed by atoms with Gasteiger partial charge in [0.25, 0.3) is 5.91 Å². The monoisotopic (exact) mass is 448 g/mol. The summed E-state index contributed by atoms with van der Waals surface area (Å²) in [4.78, 5) is 17.9. The third-order valence-corrected chi connectivity index (χ3v) is 7.23. The number of hydrogen-bond acceptors (Lipinski definition) is 3. The van der Waals surface area contributed by atoms with Gasteiger partial charge in [-0.15, -0.1) is 0 Å². The summed E-state index contributed by atoms with van der Waals surface area (Å²) in [5.74, 6) is 1.19. The number of carbonyl (C=O) groups is 1. The Kier molecular flexibility index (Phi) is 7.01. The Bertz CT molecular complexity index is 899. The highest BCUT2D eigenvalue weighted by Crippen LogP contribution is 2.35. The number of piperidine rings is 1. The van der Waals surface area contributed by atoms with Gasteiger partial charge in [-0.2, -0.15) is 0 Å². The number of benzene rings is 1. The average Bonchev–Trinajstić information content (AvgIpc) is 3.08. The Balaban J connectivity index is 1.68. The van der Waals surface area contributed by atoms with Gasteiger partial charge in [-0.3, -0.25) is 10.2 Å². The second-order valence-electron chi connectivity index (χ2n) is 8.57. The van der Waals surface area contributed by atoms with Crippen molar-refractivity contribution in [2.75, 3.05) is 13.1 Å². The number of imidazole rings is 1. The summed E-state index contributed by atoms with van der Waals surface area (Å²) >= 11 is 12.8. The number of hydrogen-bond donors (Lipinski definition) is 1. The molecule has 5 nitrogen and oxygen atoms in total. The van der Waals surface area contributed by atoms with Crippen LogP contribution in [0.4, 0.5) is 0 Å². The third kappa shape index (κ3) is 4.68. The van der Waals surface area contributed by atoms with Gasteiger partial charge in [-0.1, -0.05) is 55.0 Å². The summed E-state index contributed by atoms with van der Waals surface area (Å²) in [6, 6.07) is 5.59. The fourth-order valence-electron chi connectivity index (χ4n) is 4.68. The zero-order valence-electron chi connectivity index (χ0n) is 17.6. The quantitative estimate of drug-likeness (QED) is 0.621. The number of aromatic nitrogens is 2. The SMILES string of the molecule is Cc1c(C(=O)NN2CCCCC2)nc(-c2cccc(Cl)c2Cl)n1CC1CCCCC1. The number of halogens is 2. The van der Waals surface area contributed by atoms with Gasteiger partial charge in [0.15, 0.2) is 5.69 Å². The van der Waals surface area contributed by atoms with Crippen molar-refractivity contribution in [3.05, 3.63) is 39.6 Å². The van der Waals surface area contributed by atoms with E-state index in [2.05, 4.69) is 9.99 Å². The maximum absolute atomic E-state index is 13.1. The maximum Gasteiger partial charge on any atom is 0.286 e. The number of nitrogens with zero attached hydrogens (tertiary/aromatic N) is 3. The zero-order chi connectivity index (χ0) is 21.1. The van der Waals surface area contributed by atoms with Gasteiger partial charge in [-0.05, 0) is 50.7 Å². The third-order valence-electron chi connectivity index (χ3n) is 6.41. The second-order valence-corrected chi connectivity index (χ2v) is 9.36. The Morgan fingerprint density at radius 2 is 1.80 bits per heavy atom. The first-order valence-electron chi connectivity index (χ1n) is 11.1. The molecule has 2 aliphatic rings. The smallest absolute Gasteiger partial charge is 0.286 e. The molecule has 0 spiro atoms. The lowest BCUT2D eigenvalue weighted by Gasteiger charge is -2.26. The van der Waals surface area contributed by atoms with Crippen molar-refractivity contribution in [1.82, 2.24) is 20.0 Å². The van der Waals surface area contributed by atoms with E-state index in [1.807, 2.05) is 24.1 Å². The fraction of sp³-hybridized carbons (Fsp3) is 0.565. The van der Waals surface area contributed by atoms with Crippen LogP contribution in [0.15, 0.2) is 18.2 Å². The molecule has 7 heteroatoms. The van der Waals surface area contributed by atoms with Gasteiger partial charge >= 0.3 is 0 Å². The minimum atomic E-state index is -0.142. The lowest BCUT2D eigenvalue weighted by molar-refractivity contribution is 0.0744. The molecule has 1 N–H and O–H groups in total. The van der Waals surface area contributed by atoms with Crippen LogP contribution in [-0.4, -0.2) is 33.6 Å². The molecule has 1 aromatic carbocycles. The minimum absolute atomic E-state index is 0.142. The van der Waals surface area contributed by atoms with E-state index in [4.69, 9.17) is 28.2 Å². The molecule has 0 radical (unpaired) electrons. The van der Waals surface area contributed by atoms with Gasteiger partial charge in [0.05, 0.1) is 10.0 Å². The number of nitrogens with one attached hydrogen (secondary N) is 1. The second kappa shape index (κ2) is 9.71. The standard InChI is InChI=1S/C23H30Cl2N4O/c1-16-21(23(30)27-28-13-6-3-7-14-28)26-22(18-11-8-12-19(24)20(18)25)29(16)15-17-9-4-2-5-10-17/h8,11-12,17H,2-7,9-10,13-15H2,1H3,(H,27,30). The fourth-order valence-corrected chi connectivity index (χ4v) is 5.07. The molecule has 0 unspecified atom stereocenters. The maximum atomic E-state index is 13.1. The normalized spacial score (nSPS) is 18.5. The van der Waals surface area contributed by atoms with Crippen LogP contribution in [0, 0.1) is 12.8 Å². The van der Waals surface area contributed by atoms with Crippen LogP contribution in [0.1, 0.15) is 67.5 Å². The summed E-state index contributed by atoms with van der Waals surface area (Å²) < 4.78 is 2.18. The lowest BCUT2D eigenvalue weighted by Crippen LogP contribution is -2.45. The van der Waals surface area contributed by atoms with E-state index >= 15 is 0 Å². The molecule has 1 amide bonds. The van der Waals surface area contributed by atoms with Gasteiger partial charge in [0.1, 0.15) is 5.82 Å². The molecule has 0 atom stereocenters. The number of hydrazine groups is 1. The molecular weight excluding hydrogens is 419 g/mol. The average molecular weight is 449 g/mol. The molecule has 1 aromatic heterocycles. The molecule has 30 heavy (non-hydrogen) atoms. The minimum Gasteiger partial charge on any atom is -0.327 e. The van der Waals surface area contributed by atoms with Gasteiger partial charge in [0.2, 0.25) is 0 Å². The van der Waals surface area contributed by atoms with Gasteiger partial charge in [-0.25, -0.2) is 9.99 Å². The first-order valence-corrected chi connectivity index (χ1v) is 11.9. The van der Waals surface area contributed by atoms with Crippen molar-refractivity contribution in [1.29, 1.82) is 0 Å². The van der Waals surface area contributed by atoms with Crippen molar-refractivity contribution in [3.63, 3.8) is 0 Å². The van der Waals surface area contributed by atoms with Crippen molar-refractivity contribution >= 4 is 29.1 Å². The molecule has 1 aliphatic heterocycles. The Labute approximate surface area is 188 Å². The Morgan fingerprint density at radius 1 is 1.10 bits per heavy atom. The van der Waals surface area contributed by atoms with E-state index in [-0.39, 0.29) is 5.91 Å². The van der Waals surface area contributed by atoms with Crippen molar-refractivity contribution in [2.45, 2.75) is 64.8 Å². The Morgan fingerprint density at radius 3 is 2.53 bits per heavy atom. The highest BCUT2D eigenvalue weighted by molar-refractivity contribution is 6.43. The highest BCUT2D eigenvalue weighted by atomic mass is 35.5. The number of amides is 1. The molecule has 2 heterocycles. The van der Waals surface area contributed by atoms with Gasteiger partial charge in [0, 0.05) is 30.9 Å². The molecule has 1 saturated heterocycles. The summed E-state index contributed by atoms with van der Waals surface area (Å²) in [5, 5.41) is 2.99. The highest BCUT2D eigenvalue weighted by Gasteiger charge is 2.26. The predicted octanol–water partition coefficient (Wildman–Crippen LogP) is 5.88. The number of rotatable bonds is 5. The van der Waals surface area contributed by atoms with E-state index < -0.39 is 0 Å². The summed E-state index contributed by atoms with van der Waals surface area (Å²) in [5.41, 5.74) is 5.20. The zero-order valence-corrected chi connectivity index (χ0v) is 19.1. The van der Waals surface area contributed by atoms with Crippen LogP contribution in [0.2, 0.25) is 10.0 Å². The van der Waals surface area contributed by atoms with Crippen LogP contribution in [0.3, 0.4) is 0 Å². The lowest BCUT2D eigenvalue weighted by atomic mass is 9.89. The van der Waals surface area contributed by atoms with Crippen molar-refractivity contribution in [2.24, 2.45) is 5.92 Å². The van der Waals surface area contributed by atoms with E-state index in [1.165, 1.54) is 38.5 Å². The largest absolute Gasteiger partial charge is 0.327 e. The first kappa shape index (κ1) is 21.7.